The van der Waals surface area contributed by atoms with Crippen LogP contribution in [-0.2, 0) is 0 Å². The van der Waals surface area contributed by atoms with E-state index in [2.05, 4.69) is 9.68 Å². The Morgan fingerprint density at radius 1 is 1.57 bits per heavy atom. The van der Waals surface area contributed by atoms with E-state index in [9.17, 15) is 4.79 Å². The summed E-state index contributed by atoms with van der Waals surface area (Å²) in [6.07, 6.45) is 1.49. The first kappa shape index (κ1) is 8.55. The summed E-state index contributed by atoms with van der Waals surface area (Å²) in [7, 11) is 0. The molecule has 0 radical (unpaired) electrons. The molecule has 0 aliphatic heterocycles. The lowest BCUT2D eigenvalue weighted by molar-refractivity contribution is 0.0651. The fraction of sp³-hybridized carbons (Fsp3) is 0.111. The molecular weight excluding hydrogens is 186 g/mol. The zero-order valence-electron chi connectivity index (χ0n) is 7.35. The average Bonchev–Trinajstić information content (AvgIpc) is 2.71. The summed E-state index contributed by atoms with van der Waals surface area (Å²) in [5, 5.41) is 12.3. The van der Waals surface area contributed by atoms with Crippen molar-refractivity contribution in [3.63, 3.8) is 0 Å². The van der Waals surface area contributed by atoms with Crippen molar-refractivity contribution in [3.05, 3.63) is 29.7 Å². The molecule has 5 nitrogen and oxygen atoms in total. The molecule has 0 aliphatic carbocycles. The zero-order chi connectivity index (χ0) is 10.1. The summed E-state index contributed by atoms with van der Waals surface area (Å²) in [5.74, 6) is -0.789. The molecule has 2 aromatic heterocycles. The molecule has 0 amide bonds. The van der Waals surface area contributed by atoms with E-state index in [1.165, 1.54) is 6.26 Å². The molecular formula is C9H7NO4. The second-order valence-corrected chi connectivity index (χ2v) is 2.77. The van der Waals surface area contributed by atoms with Gasteiger partial charge in [0.05, 0.1) is 6.26 Å². The Hall–Kier alpha value is -2.04. The third kappa shape index (κ3) is 1.19. The molecule has 2 rings (SSSR count). The highest BCUT2D eigenvalue weighted by Gasteiger charge is 2.20. The van der Waals surface area contributed by atoms with Crippen LogP contribution in [0.3, 0.4) is 0 Å². The summed E-state index contributed by atoms with van der Waals surface area (Å²) in [4.78, 5) is 10.6. The Balaban J connectivity index is 2.52. The molecule has 0 aliphatic rings. The Morgan fingerprint density at radius 3 is 2.86 bits per heavy atom. The van der Waals surface area contributed by atoms with Crippen molar-refractivity contribution in [2.45, 2.75) is 6.92 Å². The van der Waals surface area contributed by atoms with Gasteiger partial charge in [0.2, 0.25) is 5.76 Å². The van der Waals surface area contributed by atoms with E-state index >= 15 is 0 Å². The first-order valence-corrected chi connectivity index (χ1v) is 3.93. The second kappa shape index (κ2) is 3.02. The van der Waals surface area contributed by atoms with Crippen molar-refractivity contribution < 1.29 is 18.8 Å². The molecule has 0 fully saturated rings. The largest absolute Gasteiger partial charge is 0.475 e. The van der Waals surface area contributed by atoms with Crippen LogP contribution in [0.1, 0.15) is 16.1 Å². The van der Waals surface area contributed by atoms with Gasteiger partial charge >= 0.3 is 5.97 Å². The SMILES string of the molecule is Cc1c(-c2ccco2)noc1C(=O)O. The smallest absolute Gasteiger partial charge is 0.375 e. The molecule has 0 spiro atoms. The number of carboxylic acids is 1. The Kier molecular flexibility index (Phi) is 1.85. The van der Waals surface area contributed by atoms with Gasteiger partial charge < -0.3 is 14.0 Å². The molecule has 0 aromatic carbocycles. The normalized spacial score (nSPS) is 10.4. The van der Waals surface area contributed by atoms with E-state index < -0.39 is 5.97 Å². The van der Waals surface area contributed by atoms with Gasteiger partial charge in [0.15, 0.2) is 11.5 Å². The van der Waals surface area contributed by atoms with Crippen LogP contribution in [0, 0.1) is 6.92 Å². The molecule has 14 heavy (non-hydrogen) atoms. The summed E-state index contributed by atoms with van der Waals surface area (Å²) >= 11 is 0. The first-order valence-electron chi connectivity index (χ1n) is 3.93. The van der Waals surface area contributed by atoms with Gasteiger partial charge in [-0.1, -0.05) is 5.16 Å². The predicted octanol–water partition coefficient (Wildman–Crippen LogP) is 1.94. The van der Waals surface area contributed by atoms with Crippen LogP contribution in [0.5, 0.6) is 0 Å². The number of carbonyl (C=O) groups is 1. The topological polar surface area (TPSA) is 76.5 Å². The Morgan fingerprint density at radius 2 is 2.36 bits per heavy atom. The Labute approximate surface area is 78.9 Å². The number of hydrogen-bond acceptors (Lipinski definition) is 4. The van der Waals surface area contributed by atoms with E-state index in [0.717, 1.165) is 0 Å². The monoisotopic (exact) mass is 193 g/mol. The van der Waals surface area contributed by atoms with Gasteiger partial charge in [0, 0.05) is 5.56 Å². The zero-order valence-corrected chi connectivity index (χ0v) is 7.35. The molecule has 0 atom stereocenters. The Bertz CT molecular complexity index is 455. The van der Waals surface area contributed by atoms with Crippen LogP contribution in [-0.4, -0.2) is 16.2 Å². The lowest BCUT2D eigenvalue weighted by Gasteiger charge is -1.89. The number of aromatic nitrogens is 1. The van der Waals surface area contributed by atoms with Crippen molar-refractivity contribution >= 4 is 5.97 Å². The third-order valence-electron chi connectivity index (χ3n) is 1.87. The van der Waals surface area contributed by atoms with Gasteiger partial charge in [0.1, 0.15) is 0 Å². The molecule has 2 aromatic rings. The molecule has 0 unspecified atom stereocenters. The van der Waals surface area contributed by atoms with Crippen LogP contribution in [0.2, 0.25) is 0 Å². The number of nitrogens with zero attached hydrogens (tertiary/aromatic N) is 1. The van der Waals surface area contributed by atoms with Crippen LogP contribution in [0.25, 0.3) is 11.5 Å². The minimum atomic E-state index is -1.13. The second-order valence-electron chi connectivity index (χ2n) is 2.77. The van der Waals surface area contributed by atoms with E-state index in [-0.39, 0.29) is 5.76 Å². The maximum absolute atomic E-state index is 10.6. The van der Waals surface area contributed by atoms with E-state index in [1.807, 2.05) is 0 Å². The van der Waals surface area contributed by atoms with Crippen molar-refractivity contribution in [3.8, 4) is 11.5 Å². The fourth-order valence-corrected chi connectivity index (χ4v) is 1.18. The van der Waals surface area contributed by atoms with Gasteiger partial charge in [-0.3, -0.25) is 0 Å². The third-order valence-corrected chi connectivity index (χ3v) is 1.87. The maximum atomic E-state index is 10.6. The molecule has 2 heterocycles. The summed E-state index contributed by atoms with van der Waals surface area (Å²) < 4.78 is 9.75. The van der Waals surface area contributed by atoms with E-state index in [0.29, 0.717) is 17.0 Å². The molecule has 0 saturated heterocycles. The van der Waals surface area contributed by atoms with Crippen molar-refractivity contribution in [1.82, 2.24) is 5.16 Å². The summed E-state index contributed by atoms with van der Waals surface area (Å²) in [6.45, 7) is 1.62. The van der Waals surface area contributed by atoms with Crippen LogP contribution < -0.4 is 0 Å². The van der Waals surface area contributed by atoms with Gasteiger partial charge in [-0.25, -0.2) is 4.79 Å². The van der Waals surface area contributed by atoms with Crippen molar-refractivity contribution in [1.29, 1.82) is 0 Å². The van der Waals surface area contributed by atoms with E-state index in [1.54, 1.807) is 19.1 Å². The van der Waals surface area contributed by atoms with E-state index in [4.69, 9.17) is 9.52 Å². The minimum absolute atomic E-state index is 0.156. The molecule has 1 N–H and O–H groups in total. The molecule has 0 saturated carbocycles. The van der Waals surface area contributed by atoms with Gasteiger partial charge in [-0.15, -0.1) is 0 Å². The highest BCUT2D eigenvalue weighted by atomic mass is 16.5. The lowest BCUT2D eigenvalue weighted by Crippen LogP contribution is -1.95. The predicted molar refractivity (Wildman–Crippen MR) is 45.9 cm³/mol. The molecule has 72 valence electrons. The number of aromatic carboxylic acids is 1. The summed E-state index contributed by atoms with van der Waals surface area (Å²) in [5.41, 5.74) is 0.889. The number of furan rings is 1. The van der Waals surface area contributed by atoms with Crippen LogP contribution >= 0.6 is 0 Å². The lowest BCUT2D eigenvalue weighted by atomic mass is 10.2. The number of carboxylic acid groups (broad SMARTS) is 1. The summed E-state index contributed by atoms with van der Waals surface area (Å²) in [6, 6.07) is 3.39. The maximum Gasteiger partial charge on any atom is 0.375 e. The van der Waals surface area contributed by atoms with Gasteiger partial charge in [0.25, 0.3) is 0 Å². The fourth-order valence-electron chi connectivity index (χ4n) is 1.18. The van der Waals surface area contributed by atoms with Gasteiger partial charge in [-0.05, 0) is 19.1 Å². The quantitative estimate of drug-likeness (QED) is 0.788. The minimum Gasteiger partial charge on any atom is -0.475 e. The van der Waals surface area contributed by atoms with Crippen LogP contribution in [0.15, 0.2) is 27.3 Å². The standard InChI is InChI=1S/C9H7NO4/c1-5-7(6-3-2-4-13-6)10-14-8(5)9(11)12/h2-4H,1H3,(H,11,12). The molecule has 0 bridgehead atoms. The average molecular weight is 193 g/mol. The van der Waals surface area contributed by atoms with Crippen LogP contribution in [0.4, 0.5) is 0 Å². The molecule has 5 heteroatoms. The van der Waals surface area contributed by atoms with Crippen molar-refractivity contribution in [2.24, 2.45) is 0 Å². The first-order chi connectivity index (χ1) is 6.70. The number of hydrogen-bond donors (Lipinski definition) is 1. The van der Waals surface area contributed by atoms with Gasteiger partial charge in [-0.2, -0.15) is 0 Å². The highest BCUT2D eigenvalue weighted by molar-refractivity contribution is 5.87. The number of rotatable bonds is 2. The highest BCUT2D eigenvalue weighted by Crippen LogP contribution is 2.24. The van der Waals surface area contributed by atoms with Crippen molar-refractivity contribution in [2.75, 3.05) is 0 Å².